The number of aryl methyl sites for hydroxylation is 1. The van der Waals surface area contributed by atoms with Gasteiger partial charge in [-0.05, 0) is 51.9 Å². The van der Waals surface area contributed by atoms with Crippen LogP contribution in [0.2, 0.25) is 0 Å². The number of benzene rings is 4. The second-order valence-electron chi connectivity index (χ2n) is 8.71. The van der Waals surface area contributed by atoms with E-state index in [-0.39, 0.29) is 12.2 Å². The van der Waals surface area contributed by atoms with Crippen molar-refractivity contribution in [1.29, 1.82) is 0 Å². The second-order valence-corrected chi connectivity index (χ2v) is 10.3. The number of allylic oxidation sites excluding steroid dienone is 2. The molecule has 2 heterocycles. The lowest BCUT2D eigenvalue weighted by molar-refractivity contribution is -0.677. The van der Waals surface area contributed by atoms with E-state index in [1.165, 1.54) is 0 Å². The molecule has 0 bridgehead atoms. The van der Waals surface area contributed by atoms with Crippen molar-refractivity contribution in [3.63, 3.8) is 0 Å². The highest BCUT2D eigenvalue weighted by atomic mass is 32.2. The minimum absolute atomic E-state index is 0.250. The molecule has 6 rings (SSSR count). The molecule has 8 heteroatoms. The fourth-order valence-electron chi connectivity index (χ4n) is 4.52. The molecule has 0 radical (unpaired) electrons. The zero-order valence-corrected chi connectivity index (χ0v) is 20.0. The summed E-state index contributed by atoms with van der Waals surface area (Å²) in [4.78, 5) is 0. The summed E-state index contributed by atoms with van der Waals surface area (Å²) < 4.78 is 45.7. The third kappa shape index (κ3) is 4.44. The molecule has 0 unspecified atom stereocenters. The molecule has 0 spiro atoms. The predicted octanol–water partition coefficient (Wildman–Crippen LogP) is 5.66. The molecule has 1 aromatic heterocycles. The van der Waals surface area contributed by atoms with Gasteiger partial charge in [0.25, 0.3) is 15.6 Å². The third-order valence-corrected chi connectivity index (χ3v) is 7.00. The van der Waals surface area contributed by atoms with Crippen LogP contribution in [0, 0.1) is 0 Å². The zero-order valence-electron chi connectivity index (χ0n) is 19.2. The average molecular weight is 500 g/mol. The number of hydrogen-bond donors (Lipinski definition) is 2. The van der Waals surface area contributed by atoms with Gasteiger partial charge in [-0.1, -0.05) is 48.5 Å². The quantitative estimate of drug-likeness (QED) is 0.231. The van der Waals surface area contributed by atoms with E-state index < -0.39 is 10.1 Å². The Morgan fingerprint density at radius 3 is 2.31 bits per heavy atom. The predicted molar refractivity (Wildman–Crippen MR) is 140 cm³/mol. The fourth-order valence-corrected chi connectivity index (χ4v) is 5.01. The summed E-state index contributed by atoms with van der Waals surface area (Å²) in [7, 11) is -4.04. The SMILES string of the molecule is O=S(=O)(O)CCC[n+]1c(C=CC=C2Nc3cc4ccccc4cc3O2)oc2cc3ccccc3cc21. The number of oxazole rings is 1. The van der Waals surface area contributed by atoms with E-state index in [1.807, 2.05) is 83.5 Å². The van der Waals surface area contributed by atoms with Gasteiger partial charge in [-0.2, -0.15) is 13.0 Å². The van der Waals surface area contributed by atoms with Crippen LogP contribution in [0.5, 0.6) is 5.75 Å². The van der Waals surface area contributed by atoms with Gasteiger partial charge in [0.2, 0.25) is 5.58 Å². The van der Waals surface area contributed by atoms with Crippen LogP contribution in [0.15, 0.2) is 95.2 Å². The standard InChI is InChI=1S/C28H22N2O5S/c31-36(32,33)14-6-13-30-24-16-20-8-2-4-10-22(20)18-26(24)35-28(30)12-5-11-27-29-23-15-19-7-1-3-9-21(19)17-25(23)34-27/h1-5,7-12,15-18H,6,13-14H2,(H,31,32,33)/p+1. The molecule has 0 aliphatic carbocycles. The number of rotatable bonds is 6. The molecule has 2 N–H and O–H groups in total. The fraction of sp³-hybridized carbons (Fsp3) is 0.107. The largest absolute Gasteiger partial charge is 0.439 e. The van der Waals surface area contributed by atoms with Crippen molar-refractivity contribution in [3.05, 3.63) is 96.7 Å². The molecule has 4 aromatic carbocycles. The number of aromatic nitrogens is 1. The van der Waals surface area contributed by atoms with Crippen molar-refractivity contribution in [1.82, 2.24) is 0 Å². The maximum absolute atomic E-state index is 11.3. The van der Waals surface area contributed by atoms with Gasteiger partial charge in [0, 0.05) is 12.5 Å². The van der Waals surface area contributed by atoms with Crippen molar-refractivity contribution in [2.24, 2.45) is 0 Å². The minimum atomic E-state index is -4.04. The van der Waals surface area contributed by atoms with Crippen molar-refractivity contribution in [3.8, 4) is 5.75 Å². The first-order valence-corrected chi connectivity index (χ1v) is 13.2. The van der Waals surface area contributed by atoms with Gasteiger partial charge in [-0.3, -0.25) is 4.55 Å². The summed E-state index contributed by atoms with van der Waals surface area (Å²) in [5, 5.41) is 7.63. The van der Waals surface area contributed by atoms with Crippen LogP contribution < -0.4 is 14.6 Å². The van der Waals surface area contributed by atoms with E-state index in [1.54, 1.807) is 0 Å². The van der Waals surface area contributed by atoms with Gasteiger partial charge in [-0.25, -0.2) is 0 Å². The van der Waals surface area contributed by atoms with Gasteiger partial charge in [-0.15, -0.1) is 0 Å². The first-order chi connectivity index (χ1) is 17.4. The summed E-state index contributed by atoms with van der Waals surface area (Å²) in [6.45, 7) is 0.369. The van der Waals surface area contributed by atoms with E-state index in [4.69, 9.17) is 13.7 Å². The molecular weight excluding hydrogens is 476 g/mol. The summed E-state index contributed by atoms with van der Waals surface area (Å²) in [5.74, 6) is 1.60. The van der Waals surface area contributed by atoms with Gasteiger partial charge in [0.05, 0.1) is 17.5 Å². The van der Waals surface area contributed by atoms with Gasteiger partial charge in [0.1, 0.15) is 0 Å². The monoisotopic (exact) mass is 499 g/mol. The highest BCUT2D eigenvalue weighted by Gasteiger charge is 2.22. The van der Waals surface area contributed by atoms with Crippen LogP contribution in [-0.4, -0.2) is 18.7 Å². The van der Waals surface area contributed by atoms with E-state index in [0.29, 0.717) is 23.9 Å². The summed E-state index contributed by atoms with van der Waals surface area (Å²) in [6, 6.07) is 24.2. The lowest BCUT2D eigenvalue weighted by Gasteiger charge is -2.00. The van der Waals surface area contributed by atoms with Gasteiger partial charge < -0.3 is 14.5 Å². The Hall–Kier alpha value is -4.14. The Labute approximate surface area is 207 Å². The van der Waals surface area contributed by atoms with Crippen LogP contribution >= 0.6 is 0 Å². The Bertz CT molecular complexity index is 1760. The number of ether oxygens (including phenoxy) is 1. The first kappa shape index (κ1) is 22.3. The normalized spacial score (nSPS) is 14.6. The molecule has 5 aromatic rings. The number of anilines is 1. The Morgan fingerprint density at radius 1 is 0.917 bits per heavy atom. The second kappa shape index (κ2) is 8.82. The summed E-state index contributed by atoms with van der Waals surface area (Å²) in [5.41, 5.74) is 2.46. The van der Waals surface area contributed by atoms with Crippen molar-refractivity contribution in [2.45, 2.75) is 13.0 Å². The Balaban J connectivity index is 1.31. The molecule has 36 heavy (non-hydrogen) atoms. The first-order valence-electron chi connectivity index (χ1n) is 11.6. The number of fused-ring (bicyclic) bond motifs is 4. The van der Waals surface area contributed by atoms with Crippen molar-refractivity contribution >= 4 is 54.5 Å². The van der Waals surface area contributed by atoms with Crippen molar-refractivity contribution in [2.75, 3.05) is 11.1 Å². The molecule has 0 saturated heterocycles. The molecule has 1 aliphatic rings. The van der Waals surface area contributed by atoms with E-state index >= 15 is 0 Å². The number of nitrogens with zero attached hydrogens (tertiary/aromatic N) is 1. The number of nitrogens with one attached hydrogen (secondary N) is 1. The van der Waals surface area contributed by atoms with E-state index in [9.17, 15) is 8.42 Å². The molecule has 7 nitrogen and oxygen atoms in total. The molecule has 1 aliphatic heterocycles. The Morgan fingerprint density at radius 2 is 1.58 bits per heavy atom. The molecule has 0 saturated carbocycles. The van der Waals surface area contributed by atoms with Gasteiger partial charge in [0.15, 0.2) is 18.2 Å². The lowest BCUT2D eigenvalue weighted by Crippen LogP contribution is -2.36. The Kier molecular flexibility index (Phi) is 5.47. The van der Waals surface area contributed by atoms with Gasteiger partial charge >= 0.3 is 5.89 Å². The highest BCUT2D eigenvalue weighted by molar-refractivity contribution is 7.85. The maximum atomic E-state index is 11.3. The van der Waals surface area contributed by atoms with E-state index in [0.717, 1.165) is 38.5 Å². The van der Waals surface area contributed by atoms with Crippen LogP contribution in [0.4, 0.5) is 5.69 Å². The van der Waals surface area contributed by atoms with E-state index in [2.05, 4.69) is 17.4 Å². The van der Waals surface area contributed by atoms with Crippen LogP contribution in [0.3, 0.4) is 0 Å². The maximum Gasteiger partial charge on any atom is 0.374 e. The van der Waals surface area contributed by atoms with Crippen molar-refractivity contribution < 1.29 is 26.7 Å². The van der Waals surface area contributed by atoms with Crippen LogP contribution in [0.25, 0.3) is 38.7 Å². The number of hydrogen-bond acceptors (Lipinski definition) is 5. The summed E-state index contributed by atoms with van der Waals surface area (Å²) in [6.07, 6.45) is 5.71. The topological polar surface area (TPSA) is 92.7 Å². The van der Waals surface area contributed by atoms with Crippen LogP contribution in [0.1, 0.15) is 12.3 Å². The smallest absolute Gasteiger partial charge is 0.374 e. The molecule has 0 amide bonds. The molecular formula is C28H23N2O5S+. The highest BCUT2D eigenvalue weighted by Crippen LogP contribution is 2.37. The average Bonchev–Trinajstić information content (AvgIpc) is 3.40. The molecule has 0 atom stereocenters. The molecule has 180 valence electrons. The molecule has 0 fully saturated rings. The summed E-state index contributed by atoms with van der Waals surface area (Å²) >= 11 is 0. The zero-order chi connectivity index (χ0) is 24.7. The third-order valence-electron chi connectivity index (χ3n) is 6.19. The van der Waals surface area contributed by atoms with Crippen LogP contribution in [-0.2, 0) is 16.7 Å². The lowest BCUT2D eigenvalue weighted by atomic mass is 10.1. The minimum Gasteiger partial charge on any atom is -0.439 e.